The Morgan fingerprint density at radius 2 is 1.89 bits per heavy atom. The van der Waals surface area contributed by atoms with E-state index in [4.69, 9.17) is 5.11 Å². The Hall–Kier alpha value is -1.26. The fraction of sp³-hybridized carbons (Fsp3) is 0.857. The SMILES string of the molecule is CC(C)C[C@@H](NC(=O)N[C@H]1CCCC[C@@H]1C)C(=O)O. The number of nitrogens with one attached hydrogen (secondary N) is 2. The first-order valence-corrected chi connectivity index (χ1v) is 7.20. The molecule has 0 aromatic rings. The van der Waals surface area contributed by atoms with E-state index in [0.29, 0.717) is 12.3 Å². The van der Waals surface area contributed by atoms with Crippen molar-refractivity contribution in [3.63, 3.8) is 0 Å². The van der Waals surface area contributed by atoms with Crippen molar-refractivity contribution in [1.82, 2.24) is 10.6 Å². The van der Waals surface area contributed by atoms with Gasteiger partial charge in [0.1, 0.15) is 6.04 Å². The topological polar surface area (TPSA) is 78.4 Å². The summed E-state index contributed by atoms with van der Waals surface area (Å²) in [6.07, 6.45) is 4.90. The van der Waals surface area contributed by atoms with E-state index in [1.165, 1.54) is 6.42 Å². The molecule has 0 aliphatic heterocycles. The fourth-order valence-corrected chi connectivity index (χ4v) is 2.59. The highest BCUT2D eigenvalue weighted by molar-refractivity contribution is 5.82. The second-order valence-corrected chi connectivity index (χ2v) is 6.01. The minimum atomic E-state index is -0.972. The van der Waals surface area contributed by atoms with Crippen molar-refractivity contribution in [3.05, 3.63) is 0 Å². The number of rotatable bonds is 5. The Morgan fingerprint density at radius 3 is 2.42 bits per heavy atom. The molecule has 3 N–H and O–H groups in total. The van der Waals surface area contributed by atoms with E-state index in [9.17, 15) is 9.59 Å². The summed E-state index contributed by atoms with van der Waals surface area (Å²) >= 11 is 0. The van der Waals surface area contributed by atoms with Crippen molar-refractivity contribution in [1.29, 1.82) is 0 Å². The number of amides is 2. The predicted molar refractivity (Wildman–Crippen MR) is 74.0 cm³/mol. The zero-order chi connectivity index (χ0) is 14.4. The molecule has 1 saturated carbocycles. The summed E-state index contributed by atoms with van der Waals surface area (Å²) in [4.78, 5) is 23.0. The molecule has 5 heteroatoms. The Labute approximate surface area is 115 Å². The predicted octanol–water partition coefficient (Wildman–Crippen LogP) is 2.36. The van der Waals surface area contributed by atoms with E-state index in [1.807, 2.05) is 13.8 Å². The molecule has 0 bridgehead atoms. The monoisotopic (exact) mass is 270 g/mol. The third kappa shape index (κ3) is 5.49. The Balaban J connectivity index is 2.45. The molecule has 0 heterocycles. The van der Waals surface area contributed by atoms with Crippen LogP contribution in [0, 0.1) is 11.8 Å². The van der Waals surface area contributed by atoms with Crippen LogP contribution in [0.5, 0.6) is 0 Å². The summed E-state index contributed by atoms with van der Waals surface area (Å²) in [6.45, 7) is 6.02. The van der Waals surface area contributed by atoms with Gasteiger partial charge in [0.15, 0.2) is 0 Å². The Bertz CT molecular complexity index is 318. The number of carboxylic acid groups (broad SMARTS) is 1. The summed E-state index contributed by atoms with van der Waals surface area (Å²) in [5, 5.41) is 14.6. The lowest BCUT2D eigenvalue weighted by Gasteiger charge is -2.30. The number of hydrogen-bond donors (Lipinski definition) is 3. The zero-order valence-electron chi connectivity index (χ0n) is 12.1. The Morgan fingerprint density at radius 1 is 1.26 bits per heavy atom. The second kappa shape index (κ2) is 7.36. The number of carbonyl (C=O) groups is 2. The van der Waals surface area contributed by atoms with Crippen LogP contribution in [-0.2, 0) is 4.79 Å². The molecule has 19 heavy (non-hydrogen) atoms. The molecular formula is C14H26N2O3. The lowest BCUT2D eigenvalue weighted by atomic mass is 9.86. The van der Waals surface area contributed by atoms with E-state index in [0.717, 1.165) is 19.3 Å². The van der Waals surface area contributed by atoms with Crippen molar-refractivity contribution >= 4 is 12.0 Å². The van der Waals surface area contributed by atoms with Gasteiger partial charge in [-0.15, -0.1) is 0 Å². The van der Waals surface area contributed by atoms with E-state index >= 15 is 0 Å². The molecule has 1 aliphatic carbocycles. The van der Waals surface area contributed by atoms with Crippen LogP contribution in [0.25, 0.3) is 0 Å². The molecule has 1 aliphatic rings. The average molecular weight is 270 g/mol. The van der Waals surface area contributed by atoms with Crippen LogP contribution in [0.2, 0.25) is 0 Å². The van der Waals surface area contributed by atoms with Crippen LogP contribution >= 0.6 is 0 Å². The standard InChI is InChI=1S/C14H26N2O3/c1-9(2)8-12(13(17)18)16-14(19)15-11-7-5-4-6-10(11)3/h9-12H,4-8H2,1-3H3,(H,17,18)(H2,15,16,19)/t10-,11-,12+/m0/s1. The fourth-order valence-electron chi connectivity index (χ4n) is 2.59. The van der Waals surface area contributed by atoms with Crippen LogP contribution in [0.4, 0.5) is 4.79 Å². The maximum Gasteiger partial charge on any atom is 0.326 e. The van der Waals surface area contributed by atoms with Crippen molar-refractivity contribution in [3.8, 4) is 0 Å². The molecule has 0 unspecified atom stereocenters. The van der Waals surface area contributed by atoms with E-state index < -0.39 is 12.0 Å². The van der Waals surface area contributed by atoms with Gasteiger partial charge < -0.3 is 15.7 Å². The molecule has 2 amide bonds. The van der Waals surface area contributed by atoms with Gasteiger partial charge in [0.05, 0.1) is 0 Å². The number of carboxylic acids is 1. The molecule has 0 aromatic carbocycles. The highest BCUT2D eigenvalue weighted by Crippen LogP contribution is 2.23. The van der Waals surface area contributed by atoms with Gasteiger partial charge in [-0.25, -0.2) is 9.59 Å². The maximum absolute atomic E-state index is 11.9. The third-order valence-corrected chi connectivity index (χ3v) is 3.74. The van der Waals surface area contributed by atoms with Crippen molar-refractivity contribution in [2.24, 2.45) is 11.8 Å². The van der Waals surface area contributed by atoms with Gasteiger partial charge >= 0.3 is 12.0 Å². The molecule has 1 fully saturated rings. The summed E-state index contributed by atoms with van der Waals surface area (Å²) in [5.74, 6) is -0.275. The third-order valence-electron chi connectivity index (χ3n) is 3.74. The number of carbonyl (C=O) groups excluding carboxylic acids is 1. The van der Waals surface area contributed by atoms with Crippen LogP contribution in [0.15, 0.2) is 0 Å². The Kier molecular flexibility index (Phi) is 6.12. The van der Waals surface area contributed by atoms with E-state index in [1.54, 1.807) is 0 Å². The second-order valence-electron chi connectivity index (χ2n) is 6.01. The van der Waals surface area contributed by atoms with Crippen LogP contribution in [-0.4, -0.2) is 29.2 Å². The largest absolute Gasteiger partial charge is 0.480 e. The normalized spacial score (nSPS) is 24.8. The van der Waals surface area contributed by atoms with Crippen LogP contribution in [0.3, 0.4) is 0 Å². The molecule has 5 nitrogen and oxygen atoms in total. The first kappa shape index (κ1) is 15.8. The summed E-state index contributed by atoms with van der Waals surface area (Å²) < 4.78 is 0. The summed E-state index contributed by atoms with van der Waals surface area (Å²) in [7, 11) is 0. The average Bonchev–Trinajstić information content (AvgIpc) is 2.30. The molecule has 0 spiro atoms. The summed E-state index contributed by atoms with van der Waals surface area (Å²) in [6, 6.07) is -0.993. The van der Waals surface area contributed by atoms with Crippen molar-refractivity contribution in [2.45, 2.75) is 65.0 Å². The highest BCUT2D eigenvalue weighted by atomic mass is 16.4. The van der Waals surface area contributed by atoms with Crippen LogP contribution < -0.4 is 10.6 Å². The van der Waals surface area contributed by atoms with Gasteiger partial charge in [0, 0.05) is 6.04 Å². The van der Waals surface area contributed by atoms with Crippen molar-refractivity contribution < 1.29 is 14.7 Å². The molecule has 110 valence electrons. The summed E-state index contributed by atoms with van der Waals surface area (Å²) in [5.41, 5.74) is 0. The highest BCUT2D eigenvalue weighted by Gasteiger charge is 2.25. The van der Waals surface area contributed by atoms with E-state index in [-0.39, 0.29) is 18.0 Å². The first-order chi connectivity index (χ1) is 8.90. The quantitative estimate of drug-likeness (QED) is 0.717. The van der Waals surface area contributed by atoms with Gasteiger partial charge in [-0.05, 0) is 31.1 Å². The maximum atomic E-state index is 11.9. The lowest BCUT2D eigenvalue weighted by Crippen LogP contribution is -2.51. The molecule has 1 rings (SSSR count). The first-order valence-electron chi connectivity index (χ1n) is 7.20. The molecule has 0 aromatic heterocycles. The van der Waals surface area contributed by atoms with Gasteiger partial charge in [0.2, 0.25) is 0 Å². The van der Waals surface area contributed by atoms with Gasteiger partial charge in [-0.2, -0.15) is 0 Å². The number of hydrogen-bond acceptors (Lipinski definition) is 2. The molecule has 0 radical (unpaired) electrons. The lowest BCUT2D eigenvalue weighted by molar-refractivity contribution is -0.139. The van der Waals surface area contributed by atoms with Crippen molar-refractivity contribution in [2.75, 3.05) is 0 Å². The smallest absolute Gasteiger partial charge is 0.326 e. The minimum absolute atomic E-state index is 0.169. The number of aliphatic carboxylic acids is 1. The minimum Gasteiger partial charge on any atom is -0.480 e. The number of urea groups is 1. The molecular weight excluding hydrogens is 244 g/mol. The van der Waals surface area contributed by atoms with Gasteiger partial charge in [0.25, 0.3) is 0 Å². The molecule has 0 saturated heterocycles. The van der Waals surface area contributed by atoms with Gasteiger partial charge in [-0.3, -0.25) is 0 Å². The zero-order valence-corrected chi connectivity index (χ0v) is 12.1. The van der Waals surface area contributed by atoms with E-state index in [2.05, 4.69) is 17.6 Å². The molecule has 3 atom stereocenters. The van der Waals surface area contributed by atoms with Crippen LogP contribution in [0.1, 0.15) is 52.9 Å². The van der Waals surface area contributed by atoms with Gasteiger partial charge in [-0.1, -0.05) is 33.6 Å².